The number of rotatable bonds is 7. The van der Waals surface area contributed by atoms with Gasteiger partial charge in [-0.1, -0.05) is 31.5 Å². The molecule has 0 aliphatic heterocycles. The van der Waals surface area contributed by atoms with Gasteiger partial charge < -0.3 is 0 Å². The third kappa shape index (κ3) is 5.48. The number of nitrogens with zero attached hydrogens (tertiary/aromatic N) is 1. The van der Waals surface area contributed by atoms with Crippen molar-refractivity contribution < 1.29 is 9.59 Å². The van der Waals surface area contributed by atoms with Gasteiger partial charge >= 0.3 is 0 Å². The molecule has 3 nitrogen and oxygen atoms in total. The van der Waals surface area contributed by atoms with Gasteiger partial charge in [-0.3, -0.25) is 9.59 Å². The highest BCUT2D eigenvalue weighted by Gasteiger charge is 2.38. The van der Waals surface area contributed by atoms with E-state index in [4.69, 9.17) is 0 Å². The Balaban J connectivity index is 1.68. The van der Waals surface area contributed by atoms with Gasteiger partial charge in [0, 0.05) is 22.6 Å². The molecule has 0 amide bonds. The Morgan fingerprint density at radius 3 is 2.21 bits per heavy atom. The fourth-order valence-electron chi connectivity index (χ4n) is 4.27. The SMILES string of the molecule is CCc1cc(C)cc(CC)c1C1C(=O)CC(CCSc2ccc(I)cn2)CC1=O. The van der Waals surface area contributed by atoms with E-state index in [9.17, 15) is 9.59 Å². The molecule has 0 bridgehead atoms. The van der Waals surface area contributed by atoms with E-state index >= 15 is 0 Å². The maximum atomic E-state index is 13.1. The third-order valence-electron chi connectivity index (χ3n) is 5.65. The van der Waals surface area contributed by atoms with Crippen molar-refractivity contribution in [3.8, 4) is 0 Å². The molecule has 29 heavy (non-hydrogen) atoms. The van der Waals surface area contributed by atoms with E-state index in [1.807, 2.05) is 18.3 Å². The summed E-state index contributed by atoms with van der Waals surface area (Å²) in [6.07, 6.45) is 5.46. The molecule has 5 heteroatoms. The van der Waals surface area contributed by atoms with Crippen LogP contribution in [0.15, 0.2) is 35.5 Å². The summed E-state index contributed by atoms with van der Waals surface area (Å²) in [4.78, 5) is 30.5. The Kier molecular flexibility index (Phi) is 7.91. The van der Waals surface area contributed by atoms with Crippen LogP contribution in [0.3, 0.4) is 0 Å². The average molecular weight is 521 g/mol. The molecule has 1 aliphatic rings. The first-order valence-electron chi connectivity index (χ1n) is 10.3. The van der Waals surface area contributed by atoms with Crippen LogP contribution >= 0.6 is 34.4 Å². The number of hydrogen-bond acceptors (Lipinski definition) is 4. The largest absolute Gasteiger partial charge is 0.299 e. The first kappa shape index (κ1) is 22.5. The number of thioether (sulfide) groups is 1. The van der Waals surface area contributed by atoms with Gasteiger partial charge in [-0.2, -0.15) is 0 Å². The Morgan fingerprint density at radius 2 is 1.69 bits per heavy atom. The van der Waals surface area contributed by atoms with Gasteiger partial charge in [-0.15, -0.1) is 11.8 Å². The first-order valence-corrected chi connectivity index (χ1v) is 12.4. The molecule has 154 valence electrons. The summed E-state index contributed by atoms with van der Waals surface area (Å²) in [6, 6.07) is 8.36. The number of aromatic nitrogens is 1. The molecule has 1 aromatic carbocycles. The molecule has 0 atom stereocenters. The van der Waals surface area contributed by atoms with Gasteiger partial charge in [-0.05, 0) is 89.3 Å². The molecular formula is C24H28INO2S. The van der Waals surface area contributed by atoms with E-state index in [0.717, 1.165) is 50.3 Å². The molecule has 1 aromatic heterocycles. The molecular weight excluding hydrogens is 493 g/mol. The summed E-state index contributed by atoms with van der Waals surface area (Å²) in [5.41, 5.74) is 4.53. The van der Waals surface area contributed by atoms with Crippen LogP contribution < -0.4 is 0 Å². The Hall–Kier alpha value is -1.21. The highest BCUT2D eigenvalue weighted by molar-refractivity contribution is 14.1. The van der Waals surface area contributed by atoms with Crippen molar-refractivity contribution in [2.75, 3.05) is 5.75 Å². The lowest BCUT2D eigenvalue weighted by molar-refractivity contribution is -0.133. The standard InChI is InChI=1S/C24H28INO2S/c1-4-17-10-15(3)11-18(5-2)23(17)24-20(27)12-16(13-21(24)28)8-9-29-22-7-6-19(25)14-26-22/h6-7,10-11,14,16,24H,4-5,8-9,12-13H2,1-3H3. The van der Waals surface area contributed by atoms with E-state index in [1.54, 1.807) is 11.8 Å². The summed E-state index contributed by atoms with van der Waals surface area (Å²) >= 11 is 3.94. The Labute approximate surface area is 191 Å². The molecule has 0 saturated heterocycles. The molecule has 1 aliphatic carbocycles. The van der Waals surface area contributed by atoms with E-state index in [1.165, 1.54) is 5.56 Å². The van der Waals surface area contributed by atoms with Crippen LogP contribution in [0, 0.1) is 16.4 Å². The average Bonchev–Trinajstić information content (AvgIpc) is 2.69. The maximum Gasteiger partial charge on any atom is 0.148 e. The van der Waals surface area contributed by atoms with Crippen LogP contribution in [0.25, 0.3) is 0 Å². The monoisotopic (exact) mass is 521 g/mol. The predicted molar refractivity (Wildman–Crippen MR) is 128 cm³/mol. The molecule has 3 rings (SSSR count). The van der Waals surface area contributed by atoms with E-state index in [-0.39, 0.29) is 17.5 Å². The lowest BCUT2D eigenvalue weighted by atomic mass is 9.73. The lowest BCUT2D eigenvalue weighted by Crippen LogP contribution is -2.33. The number of Topliss-reactive ketones (excluding diaryl/α,β-unsaturated/α-hetero) is 2. The fourth-order valence-corrected chi connectivity index (χ4v) is 5.54. The van der Waals surface area contributed by atoms with E-state index in [0.29, 0.717) is 12.8 Å². The Bertz CT molecular complexity index is 851. The van der Waals surface area contributed by atoms with Crippen molar-refractivity contribution in [3.63, 3.8) is 0 Å². The van der Waals surface area contributed by atoms with E-state index < -0.39 is 5.92 Å². The topological polar surface area (TPSA) is 47.0 Å². The van der Waals surface area contributed by atoms with E-state index in [2.05, 4.69) is 60.5 Å². The molecule has 0 radical (unpaired) electrons. The zero-order valence-electron chi connectivity index (χ0n) is 17.3. The first-order chi connectivity index (χ1) is 13.9. The van der Waals surface area contributed by atoms with Gasteiger partial charge in [-0.25, -0.2) is 4.98 Å². The summed E-state index contributed by atoms with van der Waals surface area (Å²) in [5.74, 6) is 0.702. The minimum Gasteiger partial charge on any atom is -0.299 e. The lowest BCUT2D eigenvalue weighted by Gasteiger charge is -2.29. The van der Waals surface area contributed by atoms with Crippen molar-refractivity contribution >= 4 is 45.9 Å². The van der Waals surface area contributed by atoms with Crippen molar-refractivity contribution in [1.29, 1.82) is 0 Å². The summed E-state index contributed by atoms with van der Waals surface area (Å²) in [7, 11) is 0. The number of pyridine rings is 1. The molecule has 0 N–H and O–H groups in total. The number of carbonyl (C=O) groups excluding carboxylic acids is 2. The van der Waals surface area contributed by atoms with Gasteiger partial charge in [0.05, 0.1) is 5.03 Å². The molecule has 0 spiro atoms. The molecule has 1 fully saturated rings. The van der Waals surface area contributed by atoms with Gasteiger partial charge in [0.2, 0.25) is 0 Å². The van der Waals surface area contributed by atoms with Gasteiger partial charge in [0.25, 0.3) is 0 Å². The maximum absolute atomic E-state index is 13.1. The third-order valence-corrected chi connectivity index (χ3v) is 7.26. The second-order valence-corrected chi connectivity index (χ2v) is 10.2. The minimum absolute atomic E-state index is 0.108. The second kappa shape index (κ2) is 10.2. The van der Waals surface area contributed by atoms with Crippen molar-refractivity contribution in [1.82, 2.24) is 4.98 Å². The van der Waals surface area contributed by atoms with Crippen molar-refractivity contribution in [2.45, 2.75) is 63.8 Å². The highest BCUT2D eigenvalue weighted by Crippen LogP contribution is 2.37. The van der Waals surface area contributed by atoms with Crippen LogP contribution in [0.4, 0.5) is 0 Å². The normalized spacial score (nSPS) is 19.6. The quantitative estimate of drug-likeness (QED) is 0.257. The second-order valence-electron chi connectivity index (χ2n) is 7.80. The van der Waals surface area contributed by atoms with Crippen molar-refractivity contribution in [2.24, 2.45) is 5.92 Å². The number of carbonyl (C=O) groups is 2. The fraction of sp³-hybridized carbons (Fsp3) is 0.458. The predicted octanol–water partition coefficient (Wildman–Crippen LogP) is 5.93. The molecule has 0 unspecified atom stereocenters. The number of benzene rings is 1. The van der Waals surface area contributed by atoms with Crippen LogP contribution in [0.5, 0.6) is 0 Å². The van der Waals surface area contributed by atoms with Crippen LogP contribution in [0.1, 0.15) is 61.3 Å². The smallest absolute Gasteiger partial charge is 0.148 e. The zero-order chi connectivity index (χ0) is 21.0. The number of ketones is 2. The molecule has 2 aromatic rings. The number of hydrogen-bond donors (Lipinski definition) is 0. The summed E-state index contributed by atoms with van der Waals surface area (Å²) < 4.78 is 1.12. The molecule has 1 heterocycles. The number of halogens is 1. The zero-order valence-corrected chi connectivity index (χ0v) is 20.3. The highest BCUT2D eigenvalue weighted by atomic mass is 127. The van der Waals surface area contributed by atoms with Crippen LogP contribution in [-0.4, -0.2) is 22.3 Å². The summed E-state index contributed by atoms with van der Waals surface area (Å²) in [6.45, 7) is 6.30. The molecule has 1 saturated carbocycles. The minimum atomic E-state index is -0.553. The number of aryl methyl sites for hydroxylation is 3. The Morgan fingerprint density at radius 1 is 1.07 bits per heavy atom. The van der Waals surface area contributed by atoms with Gasteiger partial charge in [0.15, 0.2) is 0 Å². The van der Waals surface area contributed by atoms with Crippen LogP contribution in [-0.2, 0) is 22.4 Å². The summed E-state index contributed by atoms with van der Waals surface area (Å²) in [5, 5.41) is 0.997. The van der Waals surface area contributed by atoms with Crippen LogP contribution in [0.2, 0.25) is 0 Å². The van der Waals surface area contributed by atoms with Gasteiger partial charge in [0.1, 0.15) is 17.5 Å². The van der Waals surface area contributed by atoms with Crippen molar-refractivity contribution in [3.05, 3.63) is 56.3 Å².